The van der Waals surface area contributed by atoms with Gasteiger partial charge in [-0.1, -0.05) is 18.2 Å². The number of allylic oxidation sites excluding steroid dienone is 1. The number of rotatable bonds is 17. The van der Waals surface area contributed by atoms with Crippen molar-refractivity contribution in [2.24, 2.45) is 5.92 Å². The number of aromatic nitrogens is 2. The van der Waals surface area contributed by atoms with Gasteiger partial charge in [-0.15, -0.1) is 0 Å². The number of aliphatic hydroxyl groups excluding tert-OH is 1. The number of anilines is 1. The van der Waals surface area contributed by atoms with Gasteiger partial charge in [-0.3, -0.25) is 24.3 Å². The summed E-state index contributed by atoms with van der Waals surface area (Å²) in [7, 11) is 0. The minimum absolute atomic E-state index is 0.0548. The molecule has 1 aliphatic rings. The first-order valence-electron chi connectivity index (χ1n) is 14.8. The highest BCUT2D eigenvalue weighted by molar-refractivity contribution is 5.95. The number of nitrogens with one attached hydrogen (secondary N) is 2. The molecule has 1 aromatic carbocycles. The Morgan fingerprint density at radius 3 is 2.58 bits per heavy atom. The predicted octanol–water partition coefficient (Wildman–Crippen LogP) is 3.23. The fourth-order valence-corrected chi connectivity index (χ4v) is 5.19. The summed E-state index contributed by atoms with van der Waals surface area (Å²) < 4.78 is 24.8. The number of aliphatic hydroxyl groups is 1. The molecule has 1 amide bonds. The van der Waals surface area contributed by atoms with E-state index in [0.717, 1.165) is 22.7 Å². The second kappa shape index (κ2) is 16.6. The Balaban J connectivity index is 1.53. The third-order valence-corrected chi connectivity index (χ3v) is 7.26. The van der Waals surface area contributed by atoms with Gasteiger partial charge in [-0.05, 0) is 37.1 Å². The molecule has 3 N–H and O–H groups in total. The first-order chi connectivity index (χ1) is 21.8. The lowest BCUT2D eigenvalue weighted by molar-refractivity contribution is -0.385. The molecule has 0 saturated heterocycles. The summed E-state index contributed by atoms with van der Waals surface area (Å²) in [6.07, 6.45) is 4.52. The fourth-order valence-electron chi connectivity index (χ4n) is 5.19. The van der Waals surface area contributed by atoms with Gasteiger partial charge in [0.1, 0.15) is 12.0 Å². The van der Waals surface area contributed by atoms with Crippen LogP contribution in [0.4, 0.5) is 11.5 Å². The van der Waals surface area contributed by atoms with E-state index in [4.69, 9.17) is 24.1 Å². The quantitative estimate of drug-likeness (QED) is 0.114. The number of hydrogen-bond donors (Lipinski definition) is 3. The van der Waals surface area contributed by atoms with Crippen LogP contribution in [-0.2, 0) is 23.7 Å². The lowest BCUT2D eigenvalue weighted by Gasteiger charge is -2.36. The van der Waals surface area contributed by atoms with E-state index >= 15 is 0 Å². The highest BCUT2D eigenvalue weighted by atomic mass is 16.7. The van der Waals surface area contributed by atoms with Gasteiger partial charge in [-0.25, -0.2) is 4.98 Å². The van der Waals surface area contributed by atoms with Crippen LogP contribution in [0.1, 0.15) is 36.5 Å². The van der Waals surface area contributed by atoms with Crippen molar-refractivity contribution in [2.75, 3.05) is 58.0 Å². The Bertz CT molecular complexity index is 1470. The van der Waals surface area contributed by atoms with Crippen LogP contribution in [0.5, 0.6) is 0 Å². The average Bonchev–Trinajstić information content (AvgIpc) is 3.43. The Morgan fingerprint density at radius 1 is 1.11 bits per heavy atom. The van der Waals surface area contributed by atoms with E-state index in [-0.39, 0.29) is 48.9 Å². The molecule has 45 heavy (non-hydrogen) atoms. The number of pyridine rings is 1. The number of carbonyl (C=O) groups is 2. The van der Waals surface area contributed by atoms with Gasteiger partial charge in [0.2, 0.25) is 12.2 Å². The summed E-state index contributed by atoms with van der Waals surface area (Å²) in [6, 6.07) is 10.5. The van der Waals surface area contributed by atoms with Gasteiger partial charge in [0.05, 0.1) is 36.9 Å². The van der Waals surface area contributed by atoms with Crippen molar-refractivity contribution in [3.8, 4) is 0 Å². The van der Waals surface area contributed by atoms with E-state index in [0.29, 0.717) is 45.2 Å². The first kappa shape index (κ1) is 33.5. The maximum absolute atomic E-state index is 13.3. The van der Waals surface area contributed by atoms with Crippen LogP contribution in [-0.4, -0.2) is 90.4 Å². The summed E-state index contributed by atoms with van der Waals surface area (Å²) in [5.41, 5.74) is 1.51. The summed E-state index contributed by atoms with van der Waals surface area (Å²) in [6.45, 7) is 5.51. The van der Waals surface area contributed by atoms with E-state index in [1.165, 1.54) is 19.1 Å². The SMILES string of the molecule is CCO[C@@H]1OC(C(=O)NCCNc2ccc([N+](=O)[O-])cn2)=C[C@H](c2cn(C(C)=O)c3ccccc23)[C@H]1CCOCCOCCO. The molecule has 0 bridgehead atoms. The fraction of sp³-hybridized carbons (Fsp3) is 0.452. The Morgan fingerprint density at radius 2 is 1.89 bits per heavy atom. The average molecular weight is 626 g/mol. The lowest BCUT2D eigenvalue weighted by atomic mass is 9.81. The number of fused-ring (bicyclic) bond motifs is 1. The number of amides is 1. The number of benzene rings is 1. The van der Waals surface area contributed by atoms with Crippen molar-refractivity contribution in [3.05, 3.63) is 76.3 Å². The van der Waals surface area contributed by atoms with Gasteiger partial charge in [0, 0.05) is 62.7 Å². The largest absolute Gasteiger partial charge is 0.459 e. The standard InChI is InChI=1S/C31H39N5O9/c1-3-44-31-24(10-14-42-16-17-43-15-13-37)25(26-20-35(21(2)38)27-7-5-4-6-23(26)27)18-28(45-31)30(39)33-12-11-32-29-9-8-22(19-34-29)36(40)41/h4-9,18-20,24-25,31,37H,3,10-17H2,1-2H3,(H,32,34)(H,33,39)/t24-,25+,31-/m1/s1. The third-order valence-electron chi connectivity index (χ3n) is 7.26. The summed E-state index contributed by atoms with van der Waals surface area (Å²) in [5.74, 6) is -0.633. The molecular weight excluding hydrogens is 586 g/mol. The lowest BCUT2D eigenvalue weighted by Crippen LogP contribution is -2.40. The molecule has 0 aliphatic carbocycles. The zero-order valence-electron chi connectivity index (χ0n) is 25.3. The number of para-hydroxylation sites is 1. The number of nitrogens with zero attached hydrogens (tertiary/aromatic N) is 3. The molecule has 14 nitrogen and oxygen atoms in total. The molecule has 0 radical (unpaired) electrons. The molecule has 2 aromatic heterocycles. The van der Waals surface area contributed by atoms with E-state index in [1.54, 1.807) is 10.6 Å². The zero-order valence-corrected chi connectivity index (χ0v) is 25.3. The molecule has 14 heteroatoms. The van der Waals surface area contributed by atoms with Crippen LogP contribution in [0.15, 0.2) is 60.6 Å². The molecule has 3 aromatic rings. The van der Waals surface area contributed by atoms with Crippen LogP contribution in [0.25, 0.3) is 10.9 Å². The van der Waals surface area contributed by atoms with Crippen molar-refractivity contribution in [1.29, 1.82) is 0 Å². The van der Waals surface area contributed by atoms with E-state index in [1.807, 2.05) is 37.4 Å². The topological polar surface area (TPSA) is 176 Å². The van der Waals surface area contributed by atoms with Crippen LogP contribution >= 0.6 is 0 Å². The van der Waals surface area contributed by atoms with Crippen LogP contribution < -0.4 is 10.6 Å². The number of hydrogen-bond acceptors (Lipinski definition) is 11. The van der Waals surface area contributed by atoms with Gasteiger partial charge < -0.3 is 34.7 Å². The number of carbonyl (C=O) groups excluding carboxylic acids is 2. The van der Waals surface area contributed by atoms with Gasteiger partial charge >= 0.3 is 0 Å². The smallest absolute Gasteiger partial charge is 0.287 e. The molecule has 0 fully saturated rings. The molecule has 3 atom stereocenters. The van der Waals surface area contributed by atoms with E-state index in [9.17, 15) is 19.7 Å². The zero-order chi connectivity index (χ0) is 32.2. The van der Waals surface area contributed by atoms with Gasteiger partial charge in [-0.2, -0.15) is 0 Å². The minimum Gasteiger partial charge on any atom is -0.459 e. The number of ether oxygens (including phenoxy) is 4. The molecule has 242 valence electrons. The molecule has 0 saturated carbocycles. The summed E-state index contributed by atoms with van der Waals surface area (Å²) >= 11 is 0. The van der Waals surface area contributed by atoms with Crippen LogP contribution in [0.2, 0.25) is 0 Å². The van der Waals surface area contributed by atoms with E-state index < -0.39 is 17.1 Å². The van der Waals surface area contributed by atoms with Crippen molar-refractivity contribution < 1.29 is 38.6 Å². The normalized spacial score (nSPS) is 17.8. The third kappa shape index (κ3) is 8.85. The number of nitro groups is 1. The summed E-state index contributed by atoms with van der Waals surface area (Å²) in [5, 5.41) is 26.5. The van der Waals surface area contributed by atoms with Crippen molar-refractivity contribution in [1.82, 2.24) is 14.9 Å². The molecule has 0 unspecified atom stereocenters. The monoisotopic (exact) mass is 625 g/mol. The maximum Gasteiger partial charge on any atom is 0.287 e. The van der Waals surface area contributed by atoms with Crippen molar-refractivity contribution in [3.63, 3.8) is 0 Å². The second-order valence-corrected chi connectivity index (χ2v) is 10.2. The first-order valence-corrected chi connectivity index (χ1v) is 14.8. The van der Waals surface area contributed by atoms with Crippen molar-refractivity contribution in [2.45, 2.75) is 32.5 Å². The van der Waals surface area contributed by atoms with Crippen LogP contribution in [0, 0.1) is 16.0 Å². The van der Waals surface area contributed by atoms with Crippen molar-refractivity contribution >= 4 is 34.2 Å². The minimum atomic E-state index is -0.762. The predicted molar refractivity (Wildman–Crippen MR) is 165 cm³/mol. The van der Waals surface area contributed by atoms with Gasteiger partial charge in [0.25, 0.3) is 11.6 Å². The highest BCUT2D eigenvalue weighted by Gasteiger charge is 2.39. The molecule has 0 spiro atoms. The van der Waals surface area contributed by atoms with Gasteiger partial charge in [0.15, 0.2) is 5.76 Å². The molecule has 3 heterocycles. The van der Waals surface area contributed by atoms with Crippen LogP contribution in [0.3, 0.4) is 0 Å². The maximum atomic E-state index is 13.3. The Kier molecular flexibility index (Phi) is 12.4. The molecular formula is C31H39N5O9. The highest BCUT2D eigenvalue weighted by Crippen LogP contribution is 2.42. The summed E-state index contributed by atoms with van der Waals surface area (Å²) in [4.78, 5) is 40.2. The molecule has 1 aliphatic heterocycles. The Hall–Kier alpha value is -4.37. The second-order valence-electron chi connectivity index (χ2n) is 10.2. The van der Waals surface area contributed by atoms with E-state index in [2.05, 4.69) is 15.6 Å². The molecule has 4 rings (SSSR count). The Labute approximate surface area is 260 Å².